The zero-order valence-corrected chi connectivity index (χ0v) is 22.6. The van der Waals surface area contributed by atoms with Crippen molar-refractivity contribution < 1.29 is 4.79 Å². The summed E-state index contributed by atoms with van der Waals surface area (Å²) in [5.74, 6) is 1.52. The van der Waals surface area contributed by atoms with Crippen molar-refractivity contribution in [3.63, 3.8) is 0 Å². The van der Waals surface area contributed by atoms with Gasteiger partial charge in [0.2, 0.25) is 0 Å². The second-order valence-corrected chi connectivity index (χ2v) is 13.4. The summed E-state index contributed by atoms with van der Waals surface area (Å²) in [5, 5.41) is 3.86. The Balaban J connectivity index is 4.34. The first-order chi connectivity index (χ1) is 13.5. The van der Waals surface area contributed by atoms with Crippen molar-refractivity contribution in [2.75, 3.05) is 12.3 Å². The zero-order valence-electron chi connectivity index (χ0n) is 20.9. The number of hydrogen-bond donors (Lipinski definition) is 1. The van der Waals surface area contributed by atoms with Gasteiger partial charge in [-0.2, -0.15) is 0 Å². The summed E-state index contributed by atoms with van der Waals surface area (Å²) in [7, 11) is 3.82. The summed E-state index contributed by atoms with van der Waals surface area (Å²) in [5.41, 5.74) is 0.102. The van der Waals surface area contributed by atoms with Gasteiger partial charge in [0.25, 0.3) is 0 Å². The van der Waals surface area contributed by atoms with E-state index in [4.69, 9.17) is 0 Å². The molecule has 1 unspecified atom stereocenters. The van der Waals surface area contributed by atoms with Gasteiger partial charge in [0.15, 0.2) is 0 Å². The van der Waals surface area contributed by atoms with Crippen LogP contribution in [0.5, 0.6) is 0 Å². The summed E-state index contributed by atoms with van der Waals surface area (Å²) in [4.78, 5) is 12.8. The Morgan fingerprint density at radius 2 is 1.34 bits per heavy atom. The van der Waals surface area contributed by atoms with Crippen molar-refractivity contribution in [1.82, 2.24) is 5.32 Å². The Morgan fingerprint density at radius 1 is 0.793 bits per heavy atom. The van der Waals surface area contributed by atoms with E-state index in [1.165, 1.54) is 44.9 Å². The Bertz CT molecular complexity index is 437. The summed E-state index contributed by atoms with van der Waals surface area (Å²) >= 11 is 0. The Kier molecular flexibility index (Phi) is 15.4. The number of nitrogens with one attached hydrogen (secondary N) is 1. The Hall–Kier alpha value is 0.330. The van der Waals surface area contributed by atoms with Gasteiger partial charge in [-0.05, 0) is 40.0 Å². The Labute approximate surface area is 191 Å². The topological polar surface area (TPSA) is 29.1 Å². The molecule has 29 heavy (non-hydrogen) atoms. The molecule has 0 heterocycles. The minimum Gasteiger partial charge on any atom is -0.311 e. The smallest absolute Gasteiger partial charge is 0.139 e. The van der Waals surface area contributed by atoms with Crippen LogP contribution in [0.4, 0.5) is 0 Å². The van der Waals surface area contributed by atoms with Crippen LogP contribution >= 0.6 is 21.6 Å². The molecular weight excluding hydrogens is 394 g/mol. The van der Waals surface area contributed by atoms with Gasteiger partial charge in [-0.25, -0.2) is 0 Å². The number of hydrogen-bond acceptors (Lipinski definition) is 4. The monoisotopic (exact) mass is 445 g/mol. The molecule has 0 aromatic rings. The average molecular weight is 446 g/mol. The van der Waals surface area contributed by atoms with E-state index in [0.717, 1.165) is 31.6 Å². The van der Waals surface area contributed by atoms with Crippen molar-refractivity contribution in [2.24, 2.45) is 5.41 Å². The van der Waals surface area contributed by atoms with Crippen LogP contribution in [0.25, 0.3) is 0 Å². The van der Waals surface area contributed by atoms with Gasteiger partial charge >= 0.3 is 0 Å². The van der Waals surface area contributed by atoms with E-state index in [0.29, 0.717) is 12.2 Å². The lowest BCUT2D eigenvalue weighted by molar-refractivity contribution is -0.127. The van der Waals surface area contributed by atoms with Gasteiger partial charge < -0.3 is 5.32 Å². The van der Waals surface area contributed by atoms with Gasteiger partial charge in [0, 0.05) is 34.4 Å². The minimum atomic E-state index is -0.181. The zero-order chi connectivity index (χ0) is 22.4. The van der Waals surface area contributed by atoms with Crippen LogP contribution < -0.4 is 5.32 Å². The van der Waals surface area contributed by atoms with Crippen LogP contribution in [0.2, 0.25) is 0 Å². The fourth-order valence-corrected chi connectivity index (χ4v) is 6.05. The van der Waals surface area contributed by atoms with Gasteiger partial charge in [-0.3, -0.25) is 4.79 Å². The molecule has 0 radical (unpaired) electrons. The molecule has 0 aromatic carbocycles. The van der Waals surface area contributed by atoms with Crippen molar-refractivity contribution >= 4 is 27.4 Å². The number of rotatable bonds is 19. The summed E-state index contributed by atoms with van der Waals surface area (Å²) in [6.45, 7) is 18.9. The second-order valence-electron chi connectivity index (χ2n) is 10.3. The van der Waals surface area contributed by atoms with Crippen LogP contribution in [0.15, 0.2) is 0 Å². The number of unbranched alkanes of at least 4 members (excludes halogenated alkanes) is 4. The van der Waals surface area contributed by atoms with E-state index in [2.05, 4.69) is 60.7 Å². The molecule has 0 fully saturated rings. The number of Topliss-reactive ketones (excluding diaryl/α,β-unsaturated/α-hetero) is 1. The first kappa shape index (κ1) is 29.3. The van der Waals surface area contributed by atoms with Crippen LogP contribution in [-0.4, -0.2) is 28.4 Å². The van der Waals surface area contributed by atoms with Gasteiger partial charge in [0.1, 0.15) is 5.78 Å². The third-order valence-electron chi connectivity index (χ3n) is 5.93. The van der Waals surface area contributed by atoms with Crippen molar-refractivity contribution in [3.05, 3.63) is 0 Å². The van der Waals surface area contributed by atoms with E-state index < -0.39 is 0 Å². The second kappa shape index (κ2) is 15.2. The molecule has 1 N–H and O–H groups in total. The quantitative estimate of drug-likeness (QED) is 0.159. The predicted molar refractivity (Wildman–Crippen MR) is 137 cm³/mol. The molecule has 0 amide bonds. The van der Waals surface area contributed by atoms with E-state index in [1.54, 1.807) is 0 Å². The SMILES string of the molecule is CCCCCC(C)(CCCC)NCCSSC(C)(C)CC(=O)C(C)(C)CCCC. The highest BCUT2D eigenvalue weighted by atomic mass is 33.1. The normalized spacial score (nSPS) is 14.8. The predicted octanol–water partition coefficient (Wildman–Crippen LogP) is 8.44. The average Bonchev–Trinajstić information content (AvgIpc) is 2.64. The lowest BCUT2D eigenvalue weighted by atomic mass is 9.79. The molecule has 0 bridgehead atoms. The Morgan fingerprint density at radius 3 is 1.93 bits per heavy atom. The van der Waals surface area contributed by atoms with Crippen molar-refractivity contribution in [3.8, 4) is 0 Å². The summed E-state index contributed by atoms with van der Waals surface area (Å²) in [6, 6.07) is 0. The highest BCUT2D eigenvalue weighted by Gasteiger charge is 2.32. The third kappa shape index (κ3) is 14.1. The molecule has 2 nitrogen and oxygen atoms in total. The molecular formula is C25H51NOS2. The van der Waals surface area contributed by atoms with Crippen molar-refractivity contribution in [1.29, 1.82) is 0 Å². The molecule has 0 saturated carbocycles. The van der Waals surface area contributed by atoms with Gasteiger partial charge in [-0.1, -0.05) is 101 Å². The molecule has 0 aliphatic carbocycles. The first-order valence-electron chi connectivity index (χ1n) is 12.1. The standard InChI is InChI=1S/C25H51NOS2/c1-9-12-15-18-25(8,17-14-11-3)26-19-20-28-29-24(6,7)21-22(27)23(4,5)16-13-10-2/h26H,9-21H2,1-8H3. The lowest BCUT2D eigenvalue weighted by Crippen LogP contribution is -2.43. The fraction of sp³-hybridized carbons (Fsp3) is 0.960. The highest BCUT2D eigenvalue weighted by Crippen LogP contribution is 2.40. The molecule has 1 atom stereocenters. The molecule has 0 saturated heterocycles. The van der Waals surface area contributed by atoms with Crippen LogP contribution in [0.1, 0.15) is 126 Å². The fourth-order valence-electron chi connectivity index (χ4n) is 3.64. The lowest BCUT2D eigenvalue weighted by Gasteiger charge is -2.32. The van der Waals surface area contributed by atoms with E-state index >= 15 is 0 Å². The maximum Gasteiger partial charge on any atom is 0.139 e. The number of ketones is 1. The van der Waals surface area contributed by atoms with Crippen LogP contribution in [-0.2, 0) is 4.79 Å². The maximum absolute atomic E-state index is 12.8. The van der Waals surface area contributed by atoms with Gasteiger partial charge in [0.05, 0.1) is 0 Å². The van der Waals surface area contributed by atoms with Crippen LogP contribution in [0, 0.1) is 5.41 Å². The first-order valence-corrected chi connectivity index (χ1v) is 14.4. The van der Waals surface area contributed by atoms with E-state index in [1.807, 2.05) is 21.6 Å². The van der Waals surface area contributed by atoms with E-state index in [-0.39, 0.29) is 15.7 Å². The number of carbonyl (C=O) groups is 1. The van der Waals surface area contributed by atoms with E-state index in [9.17, 15) is 4.79 Å². The molecule has 0 spiro atoms. The summed E-state index contributed by atoms with van der Waals surface area (Å²) < 4.78 is -0.00211. The molecule has 0 aliphatic heterocycles. The maximum atomic E-state index is 12.8. The number of carbonyl (C=O) groups excluding carboxylic acids is 1. The van der Waals surface area contributed by atoms with Gasteiger partial charge in [-0.15, -0.1) is 0 Å². The molecule has 0 aliphatic rings. The molecule has 0 rings (SSSR count). The largest absolute Gasteiger partial charge is 0.311 e. The molecule has 4 heteroatoms. The summed E-state index contributed by atoms with van der Waals surface area (Å²) in [6.07, 6.45) is 13.1. The molecule has 174 valence electrons. The highest BCUT2D eigenvalue weighted by molar-refractivity contribution is 8.77. The third-order valence-corrected chi connectivity index (χ3v) is 9.22. The van der Waals surface area contributed by atoms with Crippen LogP contribution in [0.3, 0.4) is 0 Å². The van der Waals surface area contributed by atoms with Crippen molar-refractivity contribution in [2.45, 2.75) is 136 Å². The minimum absolute atomic E-state index is 0.00211. The molecule has 0 aromatic heterocycles.